The molecule has 2 N–H and O–H groups in total. The molecular formula is C20H24N2O6. The lowest BCUT2D eigenvalue weighted by molar-refractivity contribution is -0.146. The minimum Gasteiger partial charge on any atom is -0.496 e. The maximum atomic E-state index is 11.7. The second-order valence-corrected chi connectivity index (χ2v) is 6.37. The molecule has 2 rings (SSSR count). The van der Waals surface area contributed by atoms with Crippen molar-refractivity contribution in [3.8, 4) is 11.5 Å². The van der Waals surface area contributed by atoms with Crippen LogP contribution in [0.15, 0.2) is 40.2 Å². The van der Waals surface area contributed by atoms with E-state index in [4.69, 9.17) is 14.2 Å². The summed E-state index contributed by atoms with van der Waals surface area (Å²) in [4.78, 5) is 11.7. The summed E-state index contributed by atoms with van der Waals surface area (Å²) < 4.78 is 16.6. The van der Waals surface area contributed by atoms with Gasteiger partial charge in [0, 0.05) is 18.9 Å². The van der Waals surface area contributed by atoms with Crippen molar-refractivity contribution >= 4 is 17.4 Å². The second kappa shape index (κ2) is 9.07. The smallest absolute Gasteiger partial charge is 0.303 e. The molecule has 28 heavy (non-hydrogen) atoms. The number of ether oxygens (including phenoxy) is 3. The zero-order valence-electron chi connectivity index (χ0n) is 16.5. The predicted molar refractivity (Wildman–Crippen MR) is 104 cm³/mol. The first-order valence-electron chi connectivity index (χ1n) is 8.60. The summed E-state index contributed by atoms with van der Waals surface area (Å²) in [6, 6.07) is 1.67. The molecule has 0 fully saturated rings. The van der Waals surface area contributed by atoms with Crippen LogP contribution in [0.2, 0.25) is 0 Å². The summed E-state index contributed by atoms with van der Waals surface area (Å²) in [6.07, 6.45) is 4.69. The van der Waals surface area contributed by atoms with E-state index in [2.05, 4.69) is 10.3 Å². The van der Waals surface area contributed by atoms with Gasteiger partial charge in [0.25, 0.3) is 0 Å². The highest BCUT2D eigenvalue weighted by molar-refractivity contribution is 6.27. The number of fused-ring (bicyclic) bond motifs is 1. The largest absolute Gasteiger partial charge is 0.496 e. The van der Waals surface area contributed by atoms with E-state index < -0.39 is 12.1 Å². The van der Waals surface area contributed by atoms with Crippen molar-refractivity contribution in [2.24, 2.45) is 10.3 Å². The van der Waals surface area contributed by atoms with Crippen LogP contribution >= 0.6 is 0 Å². The number of allylic oxidation sites excluding steroid dienone is 3. The van der Waals surface area contributed by atoms with Crippen LogP contribution in [0.5, 0.6) is 11.5 Å². The summed E-state index contributed by atoms with van der Waals surface area (Å²) in [5, 5.41) is 25.5. The standard InChI is InChI=1S/C20H24N2O6/c1-11(2)6-9-16(28-12(3)23)13-10-17(26-4)18-14(21-24)7-8-15(22-25)19(18)20(13)27-5/h6-8,10,16,24-25H,9H2,1-5H3/t16-/m0/s1. The maximum absolute atomic E-state index is 11.7. The third kappa shape index (κ3) is 4.16. The first kappa shape index (κ1) is 21.0. The Morgan fingerprint density at radius 1 is 1.07 bits per heavy atom. The molecule has 1 aromatic rings. The van der Waals surface area contributed by atoms with Gasteiger partial charge in [-0.15, -0.1) is 0 Å². The molecule has 0 aliphatic heterocycles. The van der Waals surface area contributed by atoms with E-state index in [9.17, 15) is 15.2 Å². The highest BCUT2D eigenvalue weighted by Crippen LogP contribution is 2.42. The van der Waals surface area contributed by atoms with Gasteiger partial charge in [-0.05, 0) is 32.1 Å². The fourth-order valence-electron chi connectivity index (χ4n) is 3.05. The molecular weight excluding hydrogens is 364 g/mol. The molecule has 150 valence electrons. The topological polar surface area (TPSA) is 110 Å². The molecule has 0 radical (unpaired) electrons. The first-order valence-corrected chi connectivity index (χ1v) is 8.60. The van der Waals surface area contributed by atoms with E-state index in [-0.39, 0.29) is 11.4 Å². The van der Waals surface area contributed by atoms with Gasteiger partial charge in [0.15, 0.2) is 0 Å². The van der Waals surface area contributed by atoms with Crippen LogP contribution in [0.4, 0.5) is 0 Å². The van der Waals surface area contributed by atoms with Crippen molar-refractivity contribution in [2.75, 3.05) is 14.2 Å². The van der Waals surface area contributed by atoms with Gasteiger partial charge < -0.3 is 24.6 Å². The molecule has 0 bridgehead atoms. The summed E-state index contributed by atoms with van der Waals surface area (Å²) in [6.45, 7) is 5.22. The van der Waals surface area contributed by atoms with Crippen molar-refractivity contribution in [3.05, 3.63) is 46.6 Å². The highest BCUT2D eigenvalue weighted by Gasteiger charge is 2.31. The Morgan fingerprint density at radius 2 is 1.68 bits per heavy atom. The summed E-state index contributed by atoms with van der Waals surface area (Å²) in [5.74, 6) is 0.250. The molecule has 0 spiro atoms. The van der Waals surface area contributed by atoms with E-state index in [0.717, 1.165) is 5.57 Å². The normalized spacial score (nSPS) is 16.5. The SMILES string of the molecule is COc1cc([C@H](CC=C(C)C)OC(C)=O)c(OC)c2c1C(=NO)C=CC2=NO. The van der Waals surface area contributed by atoms with E-state index in [1.165, 1.54) is 33.3 Å². The van der Waals surface area contributed by atoms with Crippen molar-refractivity contribution in [1.29, 1.82) is 0 Å². The van der Waals surface area contributed by atoms with Crippen molar-refractivity contribution in [3.63, 3.8) is 0 Å². The van der Waals surface area contributed by atoms with E-state index in [0.29, 0.717) is 34.6 Å². The zero-order valence-corrected chi connectivity index (χ0v) is 16.5. The molecule has 0 amide bonds. The number of methoxy groups -OCH3 is 2. The minimum atomic E-state index is -0.651. The van der Waals surface area contributed by atoms with Crippen LogP contribution in [0.25, 0.3) is 0 Å². The minimum absolute atomic E-state index is 0.197. The molecule has 0 saturated carbocycles. The molecule has 0 aromatic heterocycles. The molecule has 0 saturated heterocycles. The molecule has 1 aromatic carbocycles. The lowest BCUT2D eigenvalue weighted by atomic mass is 9.88. The van der Waals surface area contributed by atoms with Gasteiger partial charge >= 0.3 is 5.97 Å². The average molecular weight is 388 g/mol. The lowest BCUT2D eigenvalue weighted by Gasteiger charge is -2.25. The Hall–Kier alpha value is -3.29. The third-order valence-electron chi connectivity index (χ3n) is 4.22. The van der Waals surface area contributed by atoms with Crippen LogP contribution in [0, 0.1) is 0 Å². The van der Waals surface area contributed by atoms with E-state index >= 15 is 0 Å². The summed E-state index contributed by atoms with van der Waals surface area (Å²) in [5.41, 5.74) is 2.81. The monoisotopic (exact) mass is 388 g/mol. The number of benzene rings is 1. The Balaban J connectivity index is 2.82. The number of carbonyl (C=O) groups excluding carboxylic acids is 1. The van der Waals surface area contributed by atoms with E-state index in [1.54, 1.807) is 6.07 Å². The van der Waals surface area contributed by atoms with Crippen molar-refractivity contribution in [2.45, 2.75) is 33.3 Å². The van der Waals surface area contributed by atoms with Gasteiger partial charge in [0.1, 0.15) is 29.0 Å². The highest BCUT2D eigenvalue weighted by atomic mass is 16.5. The number of oxime groups is 2. The molecule has 0 unspecified atom stereocenters. The summed E-state index contributed by atoms with van der Waals surface area (Å²) >= 11 is 0. The Kier molecular flexibility index (Phi) is 6.81. The van der Waals surface area contributed by atoms with Crippen LogP contribution in [0.3, 0.4) is 0 Å². The molecule has 1 atom stereocenters. The van der Waals surface area contributed by atoms with Gasteiger partial charge in [0.05, 0.1) is 25.3 Å². The lowest BCUT2D eigenvalue weighted by Crippen LogP contribution is -2.19. The van der Waals surface area contributed by atoms with Gasteiger partial charge in [-0.1, -0.05) is 22.0 Å². The molecule has 8 nitrogen and oxygen atoms in total. The predicted octanol–water partition coefficient (Wildman–Crippen LogP) is 3.59. The Morgan fingerprint density at radius 3 is 2.14 bits per heavy atom. The fourth-order valence-corrected chi connectivity index (χ4v) is 3.05. The quantitative estimate of drug-likeness (QED) is 0.333. The van der Waals surface area contributed by atoms with Crippen LogP contribution < -0.4 is 9.47 Å². The maximum Gasteiger partial charge on any atom is 0.303 e. The number of esters is 1. The van der Waals surface area contributed by atoms with Gasteiger partial charge in [-0.2, -0.15) is 0 Å². The second-order valence-electron chi connectivity index (χ2n) is 6.37. The number of hydrogen-bond acceptors (Lipinski definition) is 8. The van der Waals surface area contributed by atoms with Crippen LogP contribution in [-0.2, 0) is 9.53 Å². The van der Waals surface area contributed by atoms with Gasteiger partial charge in [0.2, 0.25) is 0 Å². The number of carbonyl (C=O) groups is 1. The number of rotatable bonds is 6. The number of nitrogens with zero attached hydrogens (tertiary/aromatic N) is 2. The Bertz CT molecular complexity index is 879. The average Bonchev–Trinajstić information content (AvgIpc) is 2.68. The molecule has 0 heterocycles. The third-order valence-corrected chi connectivity index (χ3v) is 4.22. The summed E-state index contributed by atoms with van der Waals surface area (Å²) in [7, 11) is 2.92. The van der Waals surface area contributed by atoms with Crippen LogP contribution in [-0.4, -0.2) is 42.0 Å². The van der Waals surface area contributed by atoms with Crippen molar-refractivity contribution in [1.82, 2.24) is 0 Å². The fraction of sp³-hybridized carbons (Fsp3) is 0.350. The first-order chi connectivity index (χ1) is 13.4. The van der Waals surface area contributed by atoms with Crippen molar-refractivity contribution < 1.29 is 29.4 Å². The molecule has 1 aliphatic rings. The van der Waals surface area contributed by atoms with Gasteiger partial charge in [-0.25, -0.2) is 0 Å². The Labute approximate surface area is 163 Å². The molecule has 1 aliphatic carbocycles. The van der Waals surface area contributed by atoms with Gasteiger partial charge in [-0.3, -0.25) is 4.79 Å². The zero-order chi connectivity index (χ0) is 20.8. The number of hydrogen-bond donors (Lipinski definition) is 2. The van der Waals surface area contributed by atoms with Crippen LogP contribution in [0.1, 0.15) is 50.0 Å². The molecule has 8 heteroatoms. The van der Waals surface area contributed by atoms with E-state index in [1.807, 2.05) is 19.9 Å².